The number of nitrogens with one attached hydrogen (secondary N) is 1. The number of aliphatic hydroxyl groups is 1. The topological polar surface area (TPSA) is 56.3 Å². The molecule has 0 saturated heterocycles. The fourth-order valence-corrected chi connectivity index (χ4v) is 4.38. The van der Waals surface area contributed by atoms with Crippen molar-refractivity contribution in [1.29, 1.82) is 0 Å². The van der Waals surface area contributed by atoms with Crippen molar-refractivity contribution in [3.8, 4) is 0 Å². The predicted molar refractivity (Wildman–Crippen MR) is 140 cm³/mol. The molecule has 0 fully saturated rings. The summed E-state index contributed by atoms with van der Waals surface area (Å²) in [5.41, 5.74) is 4.14. The fourth-order valence-electron chi connectivity index (χ4n) is 4.02. The lowest BCUT2D eigenvalue weighted by molar-refractivity contribution is 0.0605. The van der Waals surface area contributed by atoms with Gasteiger partial charge in [0.1, 0.15) is 0 Å². The molecule has 4 nitrogen and oxygen atoms in total. The molecule has 1 amide bonds. The van der Waals surface area contributed by atoms with Crippen LogP contribution in [0.3, 0.4) is 0 Å². The number of fused-ring (bicyclic) bond motifs is 1. The summed E-state index contributed by atoms with van der Waals surface area (Å²) in [4.78, 5) is 18.6. The van der Waals surface area contributed by atoms with E-state index in [1.54, 1.807) is 41.4 Å². The number of aromatic amines is 1. The molecule has 1 aromatic heterocycles. The van der Waals surface area contributed by atoms with Crippen molar-refractivity contribution in [1.82, 2.24) is 9.88 Å². The Morgan fingerprint density at radius 1 is 0.971 bits per heavy atom. The molecule has 0 radical (unpaired) electrons. The lowest BCUT2D eigenvalue weighted by Gasteiger charge is -2.27. The van der Waals surface area contributed by atoms with Gasteiger partial charge in [0.15, 0.2) is 0 Å². The van der Waals surface area contributed by atoms with Gasteiger partial charge in [-0.15, -0.1) is 0 Å². The van der Waals surface area contributed by atoms with E-state index in [0.29, 0.717) is 27.7 Å². The average Bonchev–Trinajstić information content (AvgIpc) is 3.26. The second-order valence-electron chi connectivity index (χ2n) is 9.60. The molecular weight excluding hydrogens is 467 g/mol. The highest BCUT2D eigenvalue weighted by Crippen LogP contribution is 2.27. The van der Waals surface area contributed by atoms with E-state index in [1.807, 2.05) is 24.3 Å². The van der Waals surface area contributed by atoms with Crippen LogP contribution in [0.25, 0.3) is 10.9 Å². The number of carbonyl (C=O) groups excluding carboxylic acids is 1. The molecule has 1 heterocycles. The maximum Gasteiger partial charge on any atom is 0.256 e. The number of H-pyrrole nitrogens is 1. The van der Waals surface area contributed by atoms with Crippen LogP contribution < -0.4 is 0 Å². The summed E-state index contributed by atoms with van der Waals surface area (Å²) in [7, 11) is 0. The van der Waals surface area contributed by atoms with Crippen molar-refractivity contribution in [2.45, 2.75) is 38.8 Å². The highest BCUT2D eigenvalue weighted by Gasteiger charge is 2.23. The number of carbonyl (C=O) groups is 1. The molecule has 3 aromatic carbocycles. The van der Waals surface area contributed by atoms with E-state index >= 15 is 0 Å². The Bertz CT molecular complexity index is 1290. The molecule has 176 valence electrons. The standard InChI is InChI=1S/C28H28Cl2N2O2/c1-28(2,3)21-8-4-18(5-9-21)16-32(17-25(33)19-6-10-22(29)11-7-19)27(34)24-15-23(30)14-20-12-13-31-26(20)24/h4-15,25,31,33H,16-17H2,1-3H3. The Balaban J connectivity index is 1.67. The molecule has 0 aliphatic heterocycles. The van der Waals surface area contributed by atoms with Crippen LogP contribution in [0.5, 0.6) is 0 Å². The summed E-state index contributed by atoms with van der Waals surface area (Å²) in [5, 5.41) is 12.9. The minimum absolute atomic E-state index is 0.0405. The van der Waals surface area contributed by atoms with Crippen molar-refractivity contribution in [3.05, 3.63) is 105 Å². The molecule has 34 heavy (non-hydrogen) atoms. The molecule has 4 rings (SSSR count). The molecule has 0 aliphatic rings. The average molecular weight is 495 g/mol. The van der Waals surface area contributed by atoms with Crippen molar-refractivity contribution in [2.75, 3.05) is 6.54 Å². The van der Waals surface area contributed by atoms with Gasteiger partial charge in [-0.1, -0.05) is 80.4 Å². The number of amides is 1. The maximum absolute atomic E-state index is 13.8. The van der Waals surface area contributed by atoms with Gasteiger partial charge in [0, 0.05) is 28.2 Å². The smallest absolute Gasteiger partial charge is 0.256 e. The number of nitrogens with zero attached hydrogens (tertiary/aromatic N) is 1. The van der Waals surface area contributed by atoms with Crippen molar-refractivity contribution in [3.63, 3.8) is 0 Å². The highest BCUT2D eigenvalue weighted by molar-refractivity contribution is 6.32. The van der Waals surface area contributed by atoms with Gasteiger partial charge in [0.2, 0.25) is 0 Å². The van der Waals surface area contributed by atoms with Gasteiger partial charge in [-0.05, 0) is 52.4 Å². The first-order valence-electron chi connectivity index (χ1n) is 11.2. The molecule has 6 heteroatoms. The number of hydrogen-bond acceptors (Lipinski definition) is 2. The van der Waals surface area contributed by atoms with E-state index in [9.17, 15) is 9.90 Å². The van der Waals surface area contributed by atoms with Crippen LogP contribution in [0.1, 0.15) is 53.9 Å². The minimum atomic E-state index is -0.867. The first-order chi connectivity index (χ1) is 16.1. The quantitative estimate of drug-likeness (QED) is 0.299. The Hall–Kier alpha value is -2.79. The molecule has 2 N–H and O–H groups in total. The fraction of sp³-hybridized carbons (Fsp3) is 0.250. The van der Waals surface area contributed by atoms with Gasteiger partial charge < -0.3 is 15.0 Å². The van der Waals surface area contributed by atoms with Crippen LogP contribution >= 0.6 is 23.2 Å². The minimum Gasteiger partial charge on any atom is -0.387 e. The van der Waals surface area contributed by atoms with E-state index in [2.05, 4.69) is 37.9 Å². The lowest BCUT2D eigenvalue weighted by Crippen LogP contribution is -2.34. The first kappa shape index (κ1) is 24.3. The Morgan fingerprint density at radius 3 is 2.29 bits per heavy atom. The summed E-state index contributed by atoms with van der Waals surface area (Å²) in [6.07, 6.45) is 0.920. The van der Waals surface area contributed by atoms with E-state index in [4.69, 9.17) is 23.2 Å². The van der Waals surface area contributed by atoms with Crippen LogP contribution in [-0.4, -0.2) is 27.4 Å². The van der Waals surface area contributed by atoms with Gasteiger partial charge >= 0.3 is 0 Å². The lowest BCUT2D eigenvalue weighted by atomic mass is 9.87. The number of halogens is 2. The number of hydrogen-bond donors (Lipinski definition) is 2. The van der Waals surface area contributed by atoms with E-state index in [1.165, 1.54) is 5.56 Å². The summed E-state index contributed by atoms with van der Waals surface area (Å²) < 4.78 is 0. The second kappa shape index (κ2) is 9.83. The van der Waals surface area contributed by atoms with Crippen LogP contribution in [-0.2, 0) is 12.0 Å². The van der Waals surface area contributed by atoms with Crippen LogP contribution in [0, 0.1) is 0 Å². The van der Waals surface area contributed by atoms with Crippen molar-refractivity contribution in [2.24, 2.45) is 0 Å². The highest BCUT2D eigenvalue weighted by atomic mass is 35.5. The van der Waals surface area contributed by atoms with Gasteiger partial charge in [0.25, 0.3) is 5.91 Å². The summed E-state index contributed by atoms with van der Waals surface area (Å²) >= 11 is 12.3. The van der Waals surface area contributed by atoms with E-state index in [0.717, 1.165) is 16.5 Å². The summed E-state index contributed by atoms with van der Waals surface area (Å²) in [6, 6.07) is 20.7. The number of aromatic nitrogens is 1. The van der Waals surface area contributed by atoms with Crippen molar-refractivity contribution >= 4 is 40.0 Å². The van der Waals surface area contributed by atoms with Crippen LogP contribution in [0.2, 0.25) is 10.0 Å². The molecule has 0 spiro atoms. The number of rotatable bonds is 6. The second-order valence-corrected chi connectivity index (χ2v) is 10.5. The number of aliphatic hydroxyl groups excluding tert-OH is 1. The molecule has 1 atom stereocenters. The summed E-state index contributed by atoms with van der Waals surface area (Å²) in [6.45, 7) is 6.97. The Labute approximate surface area is 210 Å². The third-order valence-corrected chi connectivity index (χ3v) is 6.45. The molecule has 0 bridgehead atoms. The third-order valence-electron chi connectivity index (χ3n) is 5.98. The van der Waals surface area contributed by atoms with Gasteiger partial charge in [-0.3, -0.25) is 4.79 Å². The van der Waals surface area contributed by atoms with Crippen molar-refractivity contribution < 1.29 is 9.90 Å². The molecule has 1 unspecified atom stereocenters. The van der Waals surface area contributed by atoms with Gasteiger partial charge in [0.05, 0.1) is 23.7 Å². The zero-order chi connectivity index (χ0) is 24.5. The predicted octanol–water partition coefficient (Wildman–Crippen LogP) is 7.15. The Morgan fingerprint density at radius 2 is 1.65 bits per heavy atom. The monoisotopic (exact) mass is 494 g/mol. The SMILES string of the molecule is CC(C)(C)c1ccc(CN(CC(O)c2ccc(Cl)cc2)C(=O)c2cc(Cl)cc3cc[nH]c23)cc1. The van der Waals surface area contributed by atoms with Gasteiger partial charge in [-0.25, -0.2) is 0 Å². The first-order valence-corrected chi connectivity index (χ1v) is 12.0. The summed E-state index contributed by atoms with van der Waals surface area (Å²) in [5.74, 6) is -0.206. The third kappa shape index (κ3) is 5.47. The largest absolute Gasteiger partial charge is 0.387 e. The molecule has 0 saturated carbocycles. The Kier molecular flexibility index (Phi) is 7.04. The van der Waals surface area contributed by atoms with Crippen LogP contribution in [0.4, 0.5) is 0 Å². The van der Waals surface area contributed by atoms with E-state index in [-0.39, 0.29) is 17.9 Å². The molecule has 4 aromatic rings. The maximum atomic E-state index is 13.8. The normalized spacial score (nSPS) is 12.6. The van der Waals surface area contributed by atoms with E-state index < -0.39 is 6.10 Å². The number of benzene rings is 3. The molecule has 0 aliphatic carbocycles. The zero-order valence-electron chi connectivity index (χ0n) is 19.5. The zero-order valence-corrected chi connectivity index (χ0v) is 21.0. The van der Waals surface area contributed by atoms with Crippen LogP contribution in [0.15, 0.2) is 72.9 Å². The molecular formula is C28H28Cl2N2O2. The van der Waals surface area contributed by atoms with Gasteiger partial charge in [-0.2, -0.15) is 0 Å².